The lowest BCUT2D eigenvalue weighted by Crippen LogP contribution is -2.40. The van der Waals surface area contributed by atoms with E-state index in [0.29, 0.717) is 24.1 Å². The van der Waals surface area contributed by atoms with Crippen molar-refractivity contribution in [2.45, 2.75) is 77.9 Å². The molecule has 0 unspecified atom stereocenters. The molecule has 0 radical (unpaired) electrons. The van der Waals surface area contributed by atoms with E-state index in [2.05, 4.69) is 47.8 Å². The molecule has 1 aliphatic rings. The standard InChI is InChI=1S/C25H37N7/c1-18(2)31(19(3)4)16-15-26-23-22-24(32(17-27-22)21-13-9-6-10-14-21)30-25(29-23)28-20-11-7-5-8-12-20/h5,7-8,11-12,17-19,21H,6,9-10,13-16H2,1-4H3,(H2,26,28,29,30). The summed E-state index contributed by atoms with van der Waals surface area (Å²) in [6.07, 6.45) is 8.22. The van der Waals surface area contributed by atoms with Crippen molar-refractivity contribution < 1.29 is 0 Å². The van der Waals surface area contributed by atoms with Crippen LogP contribution in [0.2, 0.25) is 0 Å². The molecule has 4 rings (SSSR count). The van der Waals surface area contributed by atoms with Crippen LogP contribution in [0.1, 0.15) is 65.8 Å². The minimum atomic E-state index is 0.471. The van der Waals surface area contributed by atoms with Gasteiger partial charge >= 0.3 is 0 Å². The molecule has 2 heterocycles. The fourth-order valence-electron chi connectivity index (χ4n) is 4.79. The van der Waals surface area contributed by atoms with Crippen molar-refractivity contribution in [3.05, 3.63) is 36.7 Å². The van der Waals surface area contributed by atoms with Crippen LogP contribution in [-0.4, -0.2) is 49.6 Å². The first-order valence-corrected chi connectivity index (χ1v) is 12.1. The lowest BCUT2D eigenvalue weighted by atomic mass is 9.95. The Morgan fingerprint density at radius 1 is 1.00 bits per heavy atom. The molecule has 1 fully saturated rings. The van der Waals surface area contributed by atoms with E-state index in [1.165, 1.54) is 32.1 Å². The topological polar surface area (TPSA) is 70.9 Å². The first kappa shape index (κ1) is 22.5. The number of hydrogen-bond donors (Lipinski definition) is 2. The Kier molecular flexibility index (Phi) is 7.25. The van der Waals surface area contributed by atoms with Gasteiger partial charge in [0.05, 0.1) is 6.33 Å². The molecule has 3 aromatic rings. The molecule has 0 atom stereocenters. The Bertz CT molecular complexity index is 982. The summed E-state index contributed by atoms with van der Waals surface area (Å²) in [7, 11) is 0. The highest BCUT2D eigenvalue weighted by Crippen LogP contribution is 2.32. The summed E-state index contributed by atoms with van der Waals surface area (Å²) in [5.41, 5.74) is 2.75. The predicted molar refractivity (Wildman–Crippen MR) is 133 cm³/mol. The molecule has 7 nitrogen and oxygen atoms in total. The second-order valence-electron chi connectivity index (χ2n) is 9.35. The number of nitrogens with zero attached hydrogens (tertiary/aromatic N) is 5. The van der Waals surface area contributed by atoms with E-state index >= 15 is 0 Å². The van der Waals surface area contributed by atoms with Crippen LogP contribution in [0.3, 0.4) is 0 Å². The number of para-hydroxylation sites is 1. The smallest absolute Gasteiger partial charge is 0.231 e. The fourth-order valence-corrected chi connectivity index (χ4v) is 4.79. The first-order chi connectivity index (χ1) is 15.5. The van der Waals surface area contributed by atoms with Gasteiger partial charge in [-0.1, -0.05) is 37.5 Å². The zero-order chi connectivity index (χ0) is 22.5. The molecule has 0 amide bonds. The molecule has 2 aromatic heterocycles. The predicted octanol–water partition coefficient (Wildman–Crippen LogP) is 5.61. The largest absolute Gasteiger partial charge is 0.367 e. The molecule has 0 saturated heterocycles. The monoisotopic (exact) mass is 435 g/mol. The second kappa shape index (κ2) is 10.3. The summed E-state index contributed by atoms with van der Waals surface area (Å²) in [6, 6.07) is 11.6. The molecule has 1 saturated carbocycles. The molecule has 1 aromatic carbocycles. The molecule has 1 aliphatic carbocycles. The maximum atomic E-state index is 4.89. The van der Waals surface area contributed by atoms with E-state index in [0.717, 1.165) is 35.8 Å². The van der Waals surface area contributed by atoms with Gasteiger partial charge in [-0.3, -0.25) is 4.90 Å². The lowest BCUT2D eigenvalue weighted by molar-refractivity contribution is 0.182. The molecule has 0 spiro atoms. The van der Waals surface area contributed by atoms with Gasteiger partial charge in [-0.25, -0.2) is 4.98 Å². The van der Waals surface area contributed by atoms with Crippen LogP contribution in [0.5, 0.6) is 0 Å². The van der Waals surface area contributed by atoms with Gasteiger partial charge in [-0.2, -0.15) is 9.97 Å². The van der Waals surface area contributed by atoms with Gasteiger partial charge in [0.2, 0.25) is 5.95 Å². The van der Waals surface area contributed by atoms with Crippen molar-refractivity contribution >= 4 is 28.6 Å². The van der Waals surface area contributed by atoms with Crippen LogP contribution < -0.4 is 10.6 Å². The summed E-state index contributed by atoms with van der Waals surface area (Å²) in [4.78, 5) is 16.9. The molecule has 2 N–H and O–H groups in total. The number of nitrogens with one attached hydrogen (secondary N) is 2. The number of imidazole rings is 1. The SMILES string of the molecule is CC(C)N(CCNc1nc(Nc2ccccc2)nc2c1ncn2C1CCCCC1)C(C)C. The van der Waals surface area contributed by atoms with E-state index in [4.69, 9.17) is 15.0 Å². The van der Waals surface area contributed by atoms with E-state index in [9.17, 15) is 0 Å². The number of benzene rings is 1. The quantitative estimate of drug-likeness (QED) is 0.455. The van der Waals surface area contributed by atoms with Crippen LogP contribution in [0.15, 0.2) is 36.7 Å². The average Bonchev–Trinajstić information content (AvgIpc) is 3.21. The van der Waals surface area contributed by atoms with Crippen LogP contribution in [-0.2, 0) is 0 Å². The van der Waals surface area contributed by atoms with Crippen molar-refractivity contribution in [3.8, 4) is 0 Å². The maximum absolute atomic E-state index is 4.89. The third-order valence-corrected chi connectivity index (χ3v) is 6.41. The minimum absolute atomic E-state index is 0.471. The van der Waals surface area contributed by atoms with Crippen molar-refractivity contribution in [2.24, 2.45) is 0 Å². The van der Waals surface area contributed by atoms with Crippen molar-refractivity contribution in [3.63, 3.8) is 0 Å². The first-order valence-electron chi connectivity index (χ1n) is 12.1. The third-order valence-electron chi connectivity index (χ3n) is 6.41. The highest BCUT2D eigenvalue weighted by Gasteiger charge is 2.21. The Morgan fingerprint density at radius 3 is 2.41 bits per heavy atom. The number of anilines is 3. The van der Waals surface area contributed by atoms with Crippen molar-refractivity contribution in [2.75, 3.05) is 23.7 Å². The summed E-state index contributed by atoms with van der Waals surface area (Å²) in [5, 5.41) is 6.94. The average molecular weight is 436 g/mol. The van der Waals surface area contributed by atoms with E-state index in [1.807, 2.05) is 36.7 Å². The summed E-state index contributed by atoms with van der Waals surface area (Å²) >= 11 is 0. The molecule has 172 valence electrons. The van der Waals surface area contributed by atoms with Gasteiger partial charge < -0.3 is 15.2 Å². The van der Waals surface area contributed by atoms with E-state index < -0.39 is 0 Å². The van der Waals surface area contributed by atoms with Gasteiger partial charge in [0.15, 0.2) is 17.0 Å². The minimum Gasteiger partial charge on any atom is -0.367 e. The Morgan fingerprint density at radius 2 is 1.72 bits per heavy atom. The van der Waals surface area contributed by atoms with Gasteiger partial charge in [0, 0.05) is 36.9 Å². The number of hydrogen-bond acceptors (Lipinski definition) is 6. The fraction of sp³-hybridized carbons (Fsp3) is 0.560. The Hall–Kier alpha value is -2.67. The normalized spacial score (nSPS) is 15.2. The molecule has 0 aliphatic heterocycles. The van der Waals surface area contributed by atoms with Crippen LogP contribution >= 0.6 is 0 Å². The zero-order valence-electron chi connectivity index (χ0n) is 19.9. The summed E-state index contributed by atoms with van der Waals surface area (Å²) < 4.78 is 2.27. The zero-order valence-corrected chi connectivity index (χ0v) is 19.9. The molecular weight excluding hydrogens is 398 g/mol. The number of rotatable bonds is 9. The van der Waals surface area contributed by atoms with Crippen LogP contribution in [0.4, 0.5) is 17.5 Å². The van der Waals surface area contributed by atoms with E-state index in [1.54, 1.807) is 0 Å². The van der Waals surface area contributed by atoms with Gasteiger partial charge in [0.25, 0.3) is 0 Å². The highest BCUT2D eigenvalue weighted by atomic mass is 15.2. The molecule has 0 bridgehead atoms. The van der Waals surface area contributed by atoms with Gasteiger partial charge in [-0.15, -0.1) is 0 Å². The molecular formula is C25H37N7. The Balaban J connectivity index is 1.62. The van der Waals surface area contributed by atoms with Gasteiger partial charge in [0.1, 0.15) is 0 Å². The second-order valence-corrected chi connectivity index (χ2v) is 9.35. The Labute approximate surface area is 191 Å². The summed E-state index contributed by atoms with van der Waals surface area (Å²) in [6.45, 7) is 10.7. The van der Waals surface area contributed by atoms with Crippen LogP contribution in [0.25, 0.3) is 11.2 Å². The maximum Gasteiger partial charge on any atom is 0.231 e. The highest BCUT2D eigenvalue weighted by molar-refractivity contribution is 5.84. The van der Waals surface area contributed by atoms with E-state index in [-0.39, 0.29) is 0 Å². The molecule has 32 heavy (non-hydrogen) atoms. The van der Waals surface area contributed by atoms with Crippen molar-refractivity contribution in [1.29, 1.82) is 0 Å². The summed E-state index contributed by atoms with van der Waals surface area (Å²) in [5.74, 6) is 1.41. The van der Waals surface area contributed by atoms with Gasteiger partial charge in [-0.05, 0) is 52.7 Å². The number of fused-ring (bicyclic) bond motifs is 1. The van der Waals surface area contributed by atoms with Crippen LogP contribution in [0, 0.1) is 0 Å². The third kappa shape index (κ3) is 5.21. The number of aromatic nitrogens is 4. The molecule has 7 heteroatoms. The van der Waals surface area contributed by atoms with Crippen molar-refractivity contribution in [1.82, 2.24) is 24.4 Å². The lowest BCUT2D eigenvalue weighted by Gasteiger charge is -2.30.